The minimum absolute atomic E-state index is 0.0507. The molecule has 0 saturated carbocycles. The average Bonchev–Trinajstić information content (AvgIpc) is 2.95. The van der Waals surface area contributed by atoms with Crippen LogP contribution in [0.3, 0.4) is 0 Å². The molecule has 1 heterocycles. The van der Waals surface area contributed by atoms with Crippen molar-refractivity contribution in [1.29, 1.82) is 0 Å². The summed E-state index contributed by atoms with van der Waals surface area (Å²) in [5.74, 6) is -1.75. The second-order valence-electron chi connectivity index (χ2n) is 6.00. The summed E-state index contributed by atoms with van der Waals surface area (Å²) in [7, 11) is 0. The van der Waals surface area contributed by atoms with E-state index < -0.39 is 17.2 Å². The Bertz CT molecular complexity index is 807. The first-order valence-corrected chi connectivity index (χ1v) is 7.87. The average molecular weight is 349 g/mol. The summed E-state index contributed by atoms with van der Waals surface area (Å²) in [5, 5.41) is 18.2. The van der Waals surface area contributed by atoms with Crippen molar-refractivity contribution < 1.29 is 24.1 Å². The quantitative estimate of drug-likeness (QED) is 0.767. The Balaban J connectivity index is 2.31. The van der Waals surface area contributed by atoms with E-state index in [0.29, 0.717) is 16.2 Å². The standard InChI is InChI=1S/C17H16FNO4S/c1-17(2,8-20)9-23-13-5-4-10(6-12(13)19-3)14-7-11(18)15(24-14)16(21)22/h4-7,20H,8-9H2,1-2H3,(H,21,22). The normalized spacial score (nSPS) is 11.1. The SMILES string of the molecule is [C-]#[N+]c1cc(-c2cc(F)c(C(=O)O)s2)ccc1OCC(C)(C)CO. The summed E-state index contributed by atoms with van der Waals surface area (Å²) in [5.41, 5.74) is 0.351. The Morgan fingerprint density at radius 2 is 2.12 bits per heavy atom. The van der Waals surface area contributed by atoms with Crippen LogP contribution < -0.4 is 4.74 Å². The Hall–Kier alpha value is -2.43. The van der Waals surface area contributed by atoms with E-state index in [1.165, 1.54) is 6.07 Å². The molecule has 24 heavy (non-hydrogen) atoms. The van der Waals surface area contributed by atoms with Crippen LogP contribution in [0.4, 0.5) is 10.1 Å². The maximum absolute atomic E-state index is 13.6. The second kappa shape index (κ2) is 6.99. The van der Waals surface area contributed by atoms with Gasteiger partial charge < -0.3 is 14.9 Å². The van der Waals surface area contributed by atoms with Crippen molar-refractivity contribution in [2.24, 2.45) is 5.41 Å². The third-order valence-electron chi connectivity index (χ3n) is 3.29. The number of benzene rings is 1. The molecule has 2 N–H and O–H groups in total. The van der Waals surface area contributed by atoms with E-state index >= 15 is 0 Å². The smallest absolute Gasteiger partial charge is 0.348 e. The molecule has 0 aliphatic rings. The molecule has 0 aliphatic heterocycles. The van der Waals surface area contributed by atoms with Crippen molar-refractivity contribution >= 4 is 23.0 Å². The number of halogens is 1. The van der Waals surface area contributed by atoms with Gasteiger partial charge in [0.1, 0.15) is 16.4 Å². The van der Waals surface area contributed by atoms with Gasteiger partial charge in [-0.2, -0.15) is 0 Å². The van der Waals surface area contributed by atoms with E-state index in [9.17, 15) is 14.3 Å². The van der Waals surface area contributed by atoms with Gasteiger partial charge in [0.2, 0.25) is 5.69 Å². The molecule has 2 aromatic rings. The summed E-state index contributed by atoms with van der Waals surface area (Å²) >= 11 is 0.816. The first-order chi connectivity index (χ1) is 11.3. The van der Waals surface area contributed by atoms with E-state index in [-0.39, 0.29) is 23.8 Å². The highest BCUT2D eigenvalue weighted by atomic mass is 32.1. The number of aliphatic hydroxyl groups is 1. The highest BCUT2D eigenvalue weighted by Crippen LogP contribution is 2.37. The zero-order chi connectivity index (χ0) is 17.9. The number of carboxylic acids is 1. The van der Waals surface area contributed by atoms with Gasteiger partial charge in [-0.1, -0.05) is 19.9 Å². The highest BCUT2D eigenvalue weighted by Gasteiger charge is 2.20. The van der Waals surface area contributed by atoms with Crippen LogP contribution in [0.25, 0.3) is 15.3 Å². The van der Waals surface area contributed by atoms with Crippen molar-refractivity contribution in [2.45, 2.75) is 13.8 Å². The van der Waals surface area contributed by atoms with Crippen LogP contribution in [0.15, 0.2) is 24.3 Å². The number of rotatable bonds is 6. The van der Waals surface area contributed by atoms with Crippen LogP contribution >= 0.6 is 11.3 Å². The number of hydrogen-bond donors (Lipinski definition) is 2. The maximum atomic E-state index is 13.6. The van der Waals surface area contributed by atoms with Gasteiger partial charge >= 0.3 is 5.97 Å². The van der Waals surface area contributed by atoms with E-state index in [1.807, 2.05) is 13.8 Å². The number of thiophene rings is 1. The molecule has 0 atom stereocenters. The van der Waals surface area contributed by atoms with Crippen molar-refractivity contribution in [3.63, 3.8) is 0 Å². The van der Waals surface area contributed by atoms with E-state index in [1.54, 1.807) is 12.1 Å². The molecule has 0 radical (unpaired) electrons. The molecule has 0 aliphatic carbocycles. The number of carboxylic acid groups (broad SMARTS) is 1. The summed E-state index contributed by atoms with van der Waals surface area (Å²) in [6.45, 7) is 11.1. The van der Waals surface area contributed by atoms with Crippen LogP contribution in [-0.2, 0) is 0 Å². The molecule has 0 spiro atoms. The molecule has 126 valence electrons. The number of aliphatic hydroxyl groups excluding tert-OH is 1. The lowest BCUT2D eigenvalue weighted by atomic mass is 9.96. The topological polar surface area (TPSA) is 71.1 Å². The zero-order valence-electron chi connectivity index (χ0n) is 13.2. The number of hydrogen-bond acceptors (Lipinski definition) is 4. The molecule has 0 bridgehead atoms. The van der Waals surface area contributed by atoms with Gasteiger partial charge in [-0.15, -0.1) is 11.3 Å². The Morgan fingerprint density at radius 3 is 2.67 bits per heavy atom. The first kappa shape index (κ1) is 17.9. The molecule has 2 rings (SSSR count). The molecular formula is C17H16FNO4S. The molecule has 0 unspecified atom stereocenters. The Labute approximate surface area is 142 Å². The van der Waals surface area contributed by atoms with Crippen LogP contribution in [0.5, 0.6) is 5.75 Å². The summed E-state index contributed by atoms with van der Waals surface area (Å²) in [4.78, 5) is 14.4. The van der Waals surface area contributed by atoms with Gasteiger partial charge in [0.25, 0.3) is 0 Å². The minimum atomic E-state index is -1.32. The van der Waals surface area contributed by atoms with E-state index in [4.69, 9.17) is 16.4 Å². The predicted molar refractivity (Wildman–Crippen MR) is 89.3 cm³/mol. The van der Waals surface area contributed by atoms with Gasteiger partial charge in [-0.05, 0) is 23.8 Å². The summed E-state index contributed by atoms with van der Waals surface area (Å²) < 4.78 is 19.2. The summed E-state index contributed by atoms with van der Waals surface area (Å²) in [6.07, 6.45) is 0. The van der Waals surface area contributed by atoms with Crippen LogP contribution in [0, 0.1) is 17.8 Å². The lowest BCUT2D eigenvalue weighted by molar-refractivity contribution is 0.0697. The Morgan fingerprint density at radius 1 is 1.42 bits per heavy atom. The highest BCUT2D eigenvalue weighted by molar-refractivity contribution is 7.17. The van der Waals surface area contributed by atoms with Crippen molar-refractivity contribution in [3.8, 4) is 16.2 Å². The fourth-order valence-corrected chi connectivity index (χ4v) is 2.73. The lowest BCUT2D eigenvalue weighted by Gasteiger charge is -2.22. The van der Waals surface area contributed by atoms with Gasteiger partial charge in [0.15, 0.2) is 0 Å². The monoisotopic (exact) mass is 349 g/mol. The number of aromatic carboxylic acids is 1. The number of ether oxygens (including phenoxy) is 1. The van der Waals surface area contributed by atoms with Crippen LogP contribution in [0.1, 0.15) is 23.5 Å². The molecular weight excluding hydrogens is 333 g/mol. The van der Waals surface area contributed by atoms with Crippen molar-refractivity contribution in [3.05, 3.63) is 46.4 Å². The van der Waals surface area contributed by atoms with Crippen molar-refractivity contribution in [2.75, 3.05) is 13.2 Å². The molecule has 0 amide bonds. The third kappa shape index (κ3) is 3.91. The van der Waals surface area contributed by atoms with Crippen LogP contribution in [-0.4, -0.2) is 29.4 Å². The van der Waals surface area contributed by atoms with Gasteiger partial charge in [-0.3, -0.25) is 0 Å². The lowest BCUT2D eigenvalue weighted by Crippen LogP contribution is -2.25. The Kier molecular flexibility index (Phi) is 5.22. The largest absolute Gasteiger partial charge is 0.504 e. The minimum Gasteiger partial charge on any atom is -0.504 e. The maximum Gasteiger partial charge on any atom is 0.348 e. The van der Waals surface area contributed by atoms with Crippen LogP contribution in [0.2, 0.25) is 0 Å². The molecule has 0 fully saturated rings. The molecule has 1 aromatic heterocycles. The number of carbonyl (C=O) groups is 1. The fourth-order valence-electron chi connectivity index (χ4n) is 1.86. The third-order valence-corrected chi connectivity index (χ3v) is 4.44. The van der Waals surface area contributed by atoms with Crippen molar-refractivity contribution in [1.82, 2.24) is 0 Å². The molecule has 7 heteroatoms. The second-order valence-corrected chi connectivity index (χ2v) is 7.05. The van der Waals surface area contributed by atoms with Gasteiger partial charge in [-0.25, -0.2) is 14.0 Å². The van der Waals surface area contributed by atoms with Gasteiger partial charge in [0, 0.05) is 10.3 Å². The zero-order valence-corrected chi connectivity index (χ0v) is 14.0. The molecule has 5 nitrogen and oxygen atoms in total. The number of nitrogens with zero attached hydrogens (tertiary/aromatic N) is 1. The van der Waals surface area contributed by atoms with E-state index in [0.717, 1.165) is 17.4 Å². The fraction of sp³-hybridized carbons (Fsp3) is 0.294. The molecule has 0 saturated heterocycles. The predicted octanol–water partition coefficient (Wildman–Crippen LogP) is 4.20. The van der Waals surface area contributed by atoms with Gasteiger partial charge in [0.05, 0.1) is 19.8 Å². The molecule has 1 aromatic carbocycles. The summed E-state index contributed by atoms with van der Waals surface area (Å²) in [6, 6.07) is 5.92. The first-order valence-electron chi connectivity index (χ1n) is 7.05. The van der Waals surface area contributed by atoms with E-state index in [2.05, 4.69) is 4.85 Å².